The number of aromatic hydroxyl groups is 1. The fourth-order valence-electron chi connectivity index (χ4n) is 3.73. The predicted molar refractivity (Wildman–Crippen MR) is 140 cm³/mol. The van der Waals surface area contributed by atoms with Gasteiger partial charge in [0.05, 0.1) is 6.04 Å². The molecule has 37 heavy (non-hydrogen) atoms. The molecule has 2 aromatic rings. The highest BCUT2D eigenvalue weighted by molar-refractivity contribution is 5.92. The van der Waals surface area contributed by atoms with Gasteiger partial charge in [-0.05, 0) is 42.0 Å². The Balaban J connectivity index is 2.15. The first kappa shape index (κ1) is 29.4. The van der Waals surface area contributed by atoms with E-state index in [9.17, 15) is 24.3 Å². The van der Waals surface area contributed by atoms with E-state index >= 15 is 0 Å². The van der Waals surface area contributed by atoms with E-state index in [-0.39, 0.29) is 24.7 Å². The Morgan fingerprint density at radius 1 is 0.892 bits per heavy atom. The summed E-state index contributed by atoms with van der Waals surface area (Å²) in [6, 6.07) is 12.8. The summed E-state index contributed by atoms with van der Waals surface area (Å²) < 4.78 is 5.29. The van der Waals surface area contributed by atoms with Gasteiger partial charge in [0.25, 0.3) is 0 Å². The Bertz CT molecular complexity index is 1010. The van der Waals surface area contributed by atoms with Crippen LogP contribution in [0.25, 0.3) is 0 Å². The maximum Gasteiger partial charge on any atom is 0.408 e. The summed E-state index contributed by atoms with van der Waals surface area (Å²) in [5.41, 5.74) is 1.48. The van der Waals surface area contributed by atoms with Crippen molar-refractivity contribution in [3.63, 3.8) is 0 Å². The highest BCUT2D eigenvalue weighted by atomic mass is 16.5. The lowest BCUT2D eigenvalue weighted by Gasteiger charge is -2.25. The fraction of sp³-hybridized carbons (Fsp3) is 0.429. The van der Waals surface area contributed by atoms with Gasteiger partial charge >= 0.3 is 6.09 Å². The van der Waals surface area contributed by atoms with E-state index in [0.29, 0.717) is 31.1 Å². The van der Waals surface area contributed by atoms with Crippen LogP contribution in [0.2, 0.25) is 0 Å². The van der Waals surface area contributed by atoms with E-state index in [1.54, 1.807) is 12.1 Å². The zero-order valence-electron chi connectivity index (χ0n) is 21.6. The molecule has 9 nitrogen and oxygen atoms in total. The topological polar surface area (TPSA) is 134 Å². The number of nitrogens with one attached hydrogen (secondary N) is 3. The molecule has 200 valence electrons. The third-order valence-corrected chi connectivity index (χ3v) is 5.63. The van der Waals surface area contributed by atoms with Crippen LogP contribution >= 0.6 is 0 Å². The van der Waals surface area contributed by atoms with E-state index in [2.05, 4.69) is 16.0 Å². The summed E-state index contributed by atoms with van der Waals surface area (Å²) in [7, 11) is 0. The van der Waals surface area contributed by atoms with Gasteiger partial charge in [0, 0.05) is 6.42 Å². The number of aldehydes is 1. The van der Waals surface area contributed by atoms with Crippen molar-refractivity contribution in [1.82, 2.24) is 16.0 Å². The van der Waals surface area contributed by atoms with Crippen molar-refractivity contribution >= 4 is 24.2 Å². The molecule has 0 aliphatic rings. The van der Waals surface area contributed by atoms with Crippen molar-refractivity contribution in [1.29, 1.82) is 0 Å². The van der Waals surface area contributed by atoms with Crippen molar-refractivity contribution in [3.8, 4) is 5.75 Å². The summed E-state index contributed by atoms with van der Waals surface area (Å²) >= 11 is 0. The molecule has 0 saturated carbocycles. The van der Waals surface area contributed by atoms with Gasteiger partial charge in [-0.25, -0.2) is 4.79 Å². The van der Waals surface area contributed by atoms with Gasteiger partial charge in [-0.3, -0.25) is 9.59 Å². The number of phenolic OH excluding ortho intramolecular Hbond substituents is 1. The first-order chi connectivity index (χ1) is 17.7. The third-order valence-electron chi connectivity index (χ3n) is 5.63. The lowest BCUT2D eigenvalue weighted by Crippen LogP contribution is -2.56. The molecule has 9 heteroatoms. The number of carbonyl (C=O) groups is 4. The summed E-state index contributed by atoms with van der Waals surface area (Å²) in [6.07, 6.45) is 1.57. The summed E-state index contributed by atoms with van der Waals surface area (Å²) in [5.74, 6) is -0.868. The number of ether oxygens (including phenoxy) is 1. The smallest absolute Gasteiger partial charge is 0.408 e. The van der Waals surface area contributed by atoms with Crippen LogP contribution in [-0.2, 0) is 32.1 Å². The number of benzene rings is 2. The van der Waals surface area contributed by atoms with Crippen LogP contribution in [0, 0.1) is 5.92 Å². The van der Waals surface area contributed by atoms with Crippen LogP contribution in [0.5, 0.6) is 5.75 Å². The molecule has 0 aromatic heterocycles. The van der Waals surface area contributed by atoms with Gasteiger partial charge in [-0.15, -0.1) is 0 Å². The monoisotopic (exact) mass is 511 g/mol. The average molecular weight is 512 g/mol. The van der Waals surface area contributed by atoms with E-state index in [1.165, 1.54) is 12.1 Å². The van der Waals surface area contributed by atoms with Crippen molar-refractivity contribution in [3.05, 3.63) is 65.7 Å². The number of phenols is 1. The van der Waals surface area contributed by atoms with E-state index in [4.69, 9.17) is 4.74 Å². The lowest BCUT2D eigenvalue weighted by atomic mass is 10.0. The van der Waals surface area contributed by atoms with Crippen molar-refractivity contribution in [2.75, 3.05) is 0 Å². The normalized spacial score (nSPS) is 13.2. The SMILES string of the molecule is CCC[C@@H](C=O)NC(=O)[C@H](CC(C)C)NC(=O)[C@H](Cc1ccc(O)cc1)NC(=O)OCc1ccccc1. The number of hydrogen-bond acceptors (Lipinski definition) is 6. The zero-order valence-corrected chi connectivity index (χ0v) is 21.6. The maximum atomic E-state index is 13.3. The van der Waals surface area contributed by atoms with Crippen LogP contribution in [0.1, 0.15) is 51.2 Å². The standard InChI is InChI=1S/C28H37N3O6/c1-4-8-22(17-32)29-26(34)24(15-19(2)3)30-27(35)25(16-20-11-13-23(33)14-12-20)31-28(36)37-18-21-9-6-5-7-10-21/h5-7,9-14,17,19,22,24-25,33H,4,8,15-16,18H2,1-3H3,(H,29,34)(H,30,35)(H,31,36)/t22-,24-,25-/m0/s1. The van der Waals surface area contributed by atoms with Gasteiger partial charge in [-0.1, -0.05) is 69.7 Å². The highest BCUT2D eigenvalue weighted by Gasteiger charge is 2.29. The average Bonchev–Trinajstić information content (AvgIpc) is 2.87. The molecule has 0 unspecified atom stereocenters. The molecule has 2 rings (SSSR count). The van der Waals surface area contributed by atoms with Crippen LogP contribution < -0.4 is 16.0 Å². The van der Waals surface area contributed by atoms with Gasteiger partial charge in [-0.2, -0.15) is 0 Å². The van der Waals surface area contributed by atoms with Crippen LogP contribution in [0.15, 0.2) is 54.6 Å². The molecule has 2 aromatic carbocycles. The summed E-state index contributed by atoms with van der Waals surface area (Å²) in [6.45, 7) is 5.78. The van der Waals surface area contributed by atoms with Crippen LogP contribution in [-0.4, -0.2) is 47.4 Å². The number of rotatable bonds is 14. The maximum absolute atomic E-state index is 13.3. The molecule has 0 fully saturated rings. The number of alkyl carbamates (subject to hydrolysis) is 1. The molecule has 0 saturated heterocycles. The minimum atomic E-state index is -1.05. The minimum Gasteiger partial charge on any atom is -0.508 e. The quantitative estimate of drug-likeness (QED) is 0.288. The van der Waals surface area contributed by atoms with Crippen LogP contribution in [0.4, 0.5) is 4.79 Å². The second-order valence-electron chi connectivity index (χ2n) is 9.36. The van der Waals surface area contributed by atoms with Crippen molar-refractivity contribution < 1.29 is 29.0 Å². The van der Waals surface area contributed by atoms with Gasteiger partial charge in [0.2, 0.25) is 11.8 Å². The molecule has 0 heterocycles. The Morgan fingerprint density at radius 2 is 1.54 bits per heavy atom. The fourth-order valence-corrected chi connectivity index (χ4v) is 3.73. The number of amides is 3. The van der Waals surface area contributed by atoms with Crippen molar-refractivity contribution in [2.45, 2.75) is 71.2 Å². The molecule has 4 N–H and O–H groups in total. The summed E-state index contributed by atoms with van der Waals surface area (Å²) in [5, 5.41) is 17.6. The Hall–Kier alpha value is -3.88. The summed E-state index contributed by atoms with van der Waals surface area (Å²) in [4.78, 5) is 50.1. The number of carbonyl (C=O) groups excluding carboxylic acids is 4. The Labute approximate surface area is 218 Å². The van der Waals surface area contributed by atoms with E-state index in [1.807, 2.05) is 51.1 Å². The van der Waals surface area contributed by atoms with Gasteiger partial charge in [0.15, 0.2) is 0 Å². The van der Waals surface area contributed by atoms with Gasteiger partial charge in [0.1, 0.15) is 30.7 Å². The minimum absolute atomic E-state index is 0.0309. The largest absolute Gasteiger partial charge is 0.508 e. The second kappa shape index (κ2) is 15.3. The van der Waals surface area contributed by atoms with Gasteiger partial charge < -0.3 is 30.6 Å². The molecule has 0 bridgehead atoms. The molecule has 0 aliphatic heterocycles. The first-order valence-electron chi connectivity index (χ1n) is 12.5. The molecule has 0 radical (unpaired) electrons. The Morgan fingerprint density at radius 3 is 2.14 bits per heavy atom. The highest BCUT2D eigenvalue weighted by Crippen LogP contribution is 2.13. The molecule has 3 atom stereocenters. The molecule has 3 amide bonds. The second-order valence-corrected chi connectivity index (χ2v) is 9.36. The van der Waals surface area contributed by atoms with E-state index < -0.39 is 36.0 Å². The van der Waals surface area contributed by atoms with Crippen LogP contribution in [0.3, 0.4) is 0 Å². The lowest BCUT2D eigenvalue weighted by molar-refractivity contribution is -0.131. The third kappa shape index (κ3) is 10.7. The zero-order chi connectivity index (χ0) is 27.2. The molecule has 0 aliphatic carbocycles. The molecular weight excluding hydrogens is 474 g/mol. The predicted octanol–water partition coefficient (Wildman–Crippen LogP) is 3.24. The van der Waals surface area contributed by atoms with Crippen molar-refractivity contribution in [2.24, 2.45) is 5.92 Å². The Kier molecular flexibility index (Phi) is 12.1. The molecular formula is C28H37N3O6. The first-order valence-corrected chi connectivity index (χ1v) is 12.5. The van der Waals surface area contributed by atoms with E-state index in [0.717, 1.165) is 5.56 Å². The molecule has 0 spiro atoms. The number of hydrogen-bond donors (Lipinski definition) is 4.